The van der Waals surface area contributed by atoms with Crippen molar-refractivity contribution in [3.63, 3.8) is 0 Å². The van der Waals surface area contributed by atoms with Gasteiger partial charge in [-0.05, 0) is 45.2 Å². The lowest BCUT2D eigenvalue weighted by Gasteiger charge is -2.48. The van der Waals surface area contributed by atoms with Crippen molar-refractivity contribution in [1.82, 2.24) is 14.7 Å². The minimum absolute atomic E-state index is 0.297. The molecular formula is C18H37N3O. The van der Waals surface area contributed by atoms with Gasteiger partial charge in [0.1, 0.15) is 0 Å². The van der Waals surface area contributed by atoms with E-state index < -0.39 is 0 Å². The van der Waals surface area contributed by atoms with E-state index in [9.17, 15) is 5.11 Å². The molecule has 0 bridgehead atoms. The third kappa shape index (κ3) is 4.92. The molecule has 0 aliphatic carbocycles. The Labute approximate surface area is 137 Å². The Bertz CT molecular complexity index is 332. The quantitative estimate of drug-likeness (QED) is 0.859. The summed E-state index contributed by atoms with van der Waals surface area (Å²) >= 11 is 0. The molecule has 0 saturated carbocycles. The molecule has 0 unspecified atom stereocenters. The number of hydrogen-bond acceptors (Lipinski definition) is 4. The van der Waals surface area contributed by atoms with Gasteiger partial charge in [-0.3, -0.25) is 9.80 Å². The summed E-state index contributed by atoms with van der Waals surface area (Å²) in [5.74, 6) is 0. The first-order valence-corrected chi connectivity index (χ1v) is 9.13. The van der Waals surface area contributed by atoms with Crippen molar-refractivity contribution in [2.24, 2.45) is 5.41 Å². The summed E-state index contributed by atoms with van der Waals surface area (Å²) in [7, 11) is 0. The minimum atomic E-state index is 0.297. The molecule has 2 fully saturated rings. The summed E-state index contributed by atoms with van der Waals surface area (Å²) in [4.78, 5) is 7.73. The highest BCUT2D eigenvalue weighted by Gasteiger charge is 2.34. The zero-order valence-corrected chi connectivity index (χ0v) is 15.4. The first kappa shape index (κ1) is 18.2. The summed E-state index contributed by atoms with van der Waals surface area (Å²) in [5.41, 5.74) is 0.392. The number of aliphatic hydroxyl groups is 1. The molecule has 0 aromatic heterocycles. The number of nitrogens with zero attached hydrogens (tertiary/aromatic N) is 3. The van der Waals surface area contributed by atoms with Crippen LogP contribution in [0.15, 0.2) is 0 Å². The first-order chi connectivity index (χ1) is 10.3. The van der Waals surface area contributed by atoms with Crippen LogP contribution >= 0.6 is 0 Å². The molecule has 0 amide bonds. The molecule has 4 nitrogen and oxygen atoms in total. The smallest absolute Gasteiger partial charge is 0.0599 e. The maximum Gasteiger partial charge on any atom is 0.0599 e. The molecular weight excluding hydrogens is 274 g/mol. The zero-order chi connectivity index (χ0) is 16.3. The van der Waals surface area contributed by atoms with Crippen LogP contribution in [0.3, 0.4) is 0 Å². The maximum absolute atomic E-state index is 9.82. The molecule has 0 spiro atoms. The molecule has 130 valence electrons. The van der Waals surface area contributed by atoms with E-state index in [1.807, 2.05) is 0 Å². The van der Waals surface area contributed by atoms with Crippen molar-refractivity contribution in [3.05, 3.63) is 0 Å². The van der Waals surface area contributed by atoms with E-state index in [4.69, 9.17) is 0 Å². The Balaban J connectivity index is 1.85. The number of piperazine rings is 1. The molecule has 2 rings (SSSR count). The zero-order valence-electron chi connectivity index (χ0n) is 15.4. The highest BCUT2D eigenvalue weighted by molar-refractivity contribution is 4.90. The van der Waals surface area contributed by atoms with E-state index in [1.54, 1.807) is 0 Å². The normalized spacial score (nSPS) is 27.7. The number of likely N-dealkylation sites (tertiary alicyclic amines) is 1. The van der Waals surface area contributed by atoms with Gasteiger partial charge < -0.3 is 10.0 Å². The van der Waals surface area contributed by atoms with Crippen LogP contribution in [0.1, 0.15) is 47.5 Å². The molecule has 4 heteroatoms. The van der Waals surface area contributed by atoms with Crippen molar-refractivity contribution in [2.75, 3.05) is 45.9 Å². The van der Waals surface area contributed by atoms with Crippen molar-refractivity contribution < 1.29 is 5.11 Å². The van der Waals surface area contributed by atoms with Gasteiger partial charge in [-0.25, -0.2) is 0 Å². The fourth-order valence-electron chi connectivity index (χ4n) is 4.09. The number of piperidine rings is 1. The Morgan fingerprint density at radius 3 is 2.18 bits per heavy atom. The van der Waals surface area contributed by atoms with Crippen molar-refractivity contribution in [1.29, 1.82) is 0 Å². The predicted octanol–water partition coefficient (Wildman–Crippen LogP) is 1.88. The standard InChI is InChI=1S/C18H37N3O/c1-15(2)20-10-11-21(17(12-20)13-22)16-6-8-19(9-7-16)14-18(3,4)5/h15-17,22H,6-14H2,1-5H3/t17-/m0/s1. The van der Waals surface area contributed by atoms with Gasteiger partial charge >= 0.3 is 0 Å². The van der Waals surface area contributed by atoms with Crippen LogP contribution in [0.4, 0.5) is 0 Å². The average Bonchev–Trinajstić information content (AvgIpc) is 2.45. The number of rotatable bonds is 4. The van der Waals surface area contributed by atoms with E-state index in [2.05, 4.69) is 49.3 Å². The lowest BCUT2D eigenvalue weighted by molar-refractivity contribution is -0.0179. The summed E-state index contributed by atoms with van der Waals surface area (Å²) in [6.07, 6.45) is 2.52. The van der Waals surface area contributed by atoms with Crippen molar-refractivity contribution >= 4 is 0 Å². The maximum atomic E-state index is 9.82. The third-order valence-corrected chi connectivity index (χ3v) is 5.22. The fraction of sp³-hybridized carbons (Fsp3) is 1.00. The molecule has 2 aliphatic heterocycles. The van der Waals surface area contributed by atoms with Crippen LogP contribution < -0.4 is 0 Å². The largest absolute Gasteiger partial charge is 0.395 e. The topological polar surface area (TPSA) is 30.0 Å². The van der Waals surface area contributed by atoms with E-state index in [0.29, 0.717) is 30.1 Å². The Morgan fingerprint density at radius 2 is 1.68 bits per heavy atom. The Hall–Kier alpha value is -0.160. The highest BCUT2D eigenvalue weighted by atomic mass is 16.3. The summed E-state index contributed by atoms with van der Waals surface area (Å²) in [5, 5.41) is 9.82. The molecule has 2 heterocycles. The molecule has 1 atom stereocenters. The molecule has 1 N–H and O–H groups in total. The molecule has 0 aromatic carbocycles. The lowest BCUT2D eigenvalue weighted by atomic mass is 9.93. The third-order valence-electron chi connectivity index (χ3n) is 5.22. The van der Waals surface area contributed by atoms with Crippen LogP contribution in [0.5, 0.6) is 0 Å². The number of aliphatic hydroxyl groups excluding tert-OH is 1. The predicted molar refractivity (Wildman–Crippen MR) is 93.2 cm³/mol. The van der Waals surface area contributed by atoms with Crippen molar-refractivity contribution in [3.8, 4) is 0 Å². The minimum Gasteiger partial charge on any atom is -0.395 e. The van der Waals surface area contributed by atoms with Crippen molar-refractivity contribution in [2.45, 2.75) is 65.6 Å². The second kappa shape index (κ2) is 7.61. The monoisotopic (exact) mass is 311 g/mol. The van der Waals surface area contributed by atoms with Crippen LogP contribution in [0, 0.1) is 5.41 Å². The van der Waals surface area contributed by atoms with E-state index >= 15 is 0 Å². The van der Waals surface area contributed by atoms with Gasteiger partial charge in [0.05, 0.1) is 6.61 Å². The molecule has 0 aromatic rings. The fourth-order valence-corrected chi connectivity index (χ4v) is 4.09. The summed E-state index contributed by atoms with van der Waals surface area (Å²) in [6, 6.07) is 1.59. The SMILES string of the molecule is CC(C)N1CCN(C2CCN(CC(C)(C)C)CC2)[C@H](CO)C1. The van der Waals surface area contributed by atoms with Gasteiger partial charge in [-0.2, -0.15) is 0 Å². The first-order valence-electron chi connectivity index (χ1n) is 9.13. The van der Waals surface area contributed by atoms with E-state index in [1.165, 1.54) is 32.5 Å². The average molecular weight is 312 g/mol. The Morgan fingerprint density at radius 1 is 1.05 bits per heavy atom. The van der Waals surface area contributed by atoms with Crippen LogP contribution in [-0.4, -0.2) is 83.8 Å². The van der Waals surface area contributed by atoms with Crippen LogP contribution in [0.25, 0.3) is 0 Å². The molecule has 0 radical (unpaired) electrons. The van der Waals surface area contributed by atoms with Gasteiger partial charge in [-0.15, -0.1) is 0 Å². The molecule has 22 heavy (non-hydrogen) atoms. The van der Waals surface area contributed by atoms with Gasteiger partial charge in [0, 0.05) is 44.3 Å². The molecule has 2 saturated heterocycles. The summed E-state index contributed by atoms with van der Waals surface area (Å²) < 4.78 is 0. The van der Waals surface area contributed by atoms with Gasteiger partial charge in [0.2, 0.25) is 0 Å². The van der Waals surface area contributed by atoms with E-state index in [-0.39, 0.29) is 0 Å². The summed E-state index contributed by atoms with van der Waals surface area (Å²) in [6.45, 7) is 18.7. The van der Waals surface area contributed by atoms with Crippen LogP contribution in [-0.2, 0) is 0 Å². The molecule has 2 aliphatic rings. The Kier molecular flexibility index (Phi) is 6.29. The second-order valence-corrected chi connectivity index (χ2v) is 8.73. The van der Waals surface area contributed by atoms with Gasteiger partial charge in [0.15, 0.2) is 0 Å². The van der Waals surface area contributed by atoms with Gasteiger partial charge in [-0.1, -0.05) is 20.8 Å². The second-order valence-electron chi connectivity index (χ2n) is 8.73. The lowest BCUT2D eigenvalue weighted by Crippen LogP contribution is -2.60. The van der Waals surface area contributed by atoms with Gasteiger partial charge in [0.25, 0.3) is 0 Å². The van der Waals surface area contributed by atoms with E-state index in [0.717, 1.165) is 19.6 Å². The number of hydrogen-bond donors (Lipinski definition) is 1. The van der Waals surface area contributed by atoms with Crippen LogP contribution in [0.2, 0.25) is 0 Å². The highest BCUT2D eigenvalue weighted by Crippen LogP contribution is 2.24.